The lowest BCUT2D eigenvalue weighted by Gasteiger charge is -2.28. The van der Waals surface area contributed by atoms with Gasteiger partial charge in [-0.3, -0.25) is 14.8 Å². The van der Waals surface area contributed by atoms with Gasteiger partial charge in [0.1, 0.15) is 5.54 Å². The first-order valence-electron chi connectivity index (χ1n) is 7.52. The van der Waals surface area contributed by atoms with Gasteiger partial charge in [0.2, 0.25) is 0 Å². The molecule has 1 aliphatic rings. The van der Waals surface area contributed by atoms with Crippen LogP contribution in [0.15, 0.2) is 0 Å². The molecule has 0 bridgehead atoms. The summed E-state index contributed by atoms with van der Waals surface area (Å²) in [7, 11) is 0. The lowest BCUT2D eigenvalue weighted by molar-refractivity contribution is -0.151. The van der Waals surface area contributed by atoms with Crippen molar-refractivity contribution in [3.05, 3.63) is 16.4 Å². The van der Waals surface area contributed by atoms with Crippen LogP contribution in [0.1, 0.15) is 44.5 Å². The fourth-order valence-electron chi connectivity index (χ4n) is 2.42. The second-order valence-electron chi connectivity index (χ2n) is 5.93. The molecule has 1 aromatic heterocycles. The van der Waals surface area contributed by atoms with E-state index in [1.165, 1.54) is 0 Å². The minimum absolute atomic E-state index is 0.190. The number of hydrogen-bond donors (Lipinski definition) is 1. The molecular weight excluding hydrogens is 290 g/mol. The molecule has 0 saturated heterocycles. The maximum absolute atomic E-state index is 12.3. The van der Waals surface area contributed by atoms with Gasteiger partial charge in [-0.1, -0.05) is 11.6 Å². The molecule has 1 aromatic rings. The number of carbonyl (C=O) groups is 1. The van der Waals surface area contributed by atoms with Crippen LogP contribution in [-0.2, 0) is 16.1 Å². The van der Waals surface area contributed by atoms with E-state index >= 15 is 0 Å². The molecule has 1 unspecified atom stereocenters. The van der Waals surface area contributed by atoms with Crippen LogP contribution in [0.25, 0.3) is 0 Å². The van der Waals surface area contributed by atoms with E-state index < -0.39 is 5.54 Å². The molecule has 21 heavy (non-hydrogen) atoms. The second kappa shape index (κ2) is 6.36. The van der Waals surface area contributed by atoms with Gasteiger partial charge in [0.05, 0.1) is 23.0 Å². The van der Waals surface area contributed by atoms with E-state index in [2.05, 4.69) is 10.4 Å². The van der Waals surface area contributed by atoms with Gasteiger partial charge in [-0.15, -0.1) is 0 Å². The number of ether oxygens (including phenoxy) is 1. The number of aromatic nitrogens is 2. The van der Waals surface area contributed by atoms with Gasteiger partial charge in [0, 0.05) is 12.6 Å². The van der Waals surface area contributed by atoms with Gasteiger partial charge in [-0.25, -0.2) is 0 Å². The first kappa shape index (κ1) is 16.3. The Morgan fingerprint density at radius 2 is 2.19 bits per heavy atom. The summed E-state index contributed by atoms with van der Waals surface area (Å²) in [5.74, 6) is -0.190. The summed E-state index contributed by atoms with van der Waals surface area (Å²) in [6.45, 7) is 8.60. The molecule has 0 aliphatic heterocycles. The van der Waals surface area contributed by atoms with Crippen molar-refractivity contribution in [3.63, 3.8) is 0 Å². The molecule has 118 valence electrons. The number of rotatable bonds is 7. The van der Waals surface area contributed by atoms with Gasteiger partial charge >= 0.3 is 5.97 Å². The number of nitrogens with zero attached hydrogens (tertiary/aromatic N) is 2. The van der Waals surface area contributed by atoms with Crippen LogP contribution in [0.5, 0.6) is 0 Å². The van der Waals surface area contributed by atoms with Gasteiger partial charge < -0.3 is 4.74 Å². The third-order valence-corrected chi connectivity index (χ3v) is 4.49. The second-order valence-corrected chi connectivity index (χ2v) is 6.31. The van der Waals surface area contributed by atoms with Crippen LogP contribution in [0, 0.1) is 13.8 Å². The molecule has 6 heteroatoms. The molecule has 5 nitrogen and oxygen atoms in total. The molecule has 1 fully saturated rings. The van der Waals surface area contributed by atoms with Crippen molar-refractivity contribution in [2.45, 2.75) is 65.1 Å². The van der Waals surface area contributed by atoms with E-state index in [-0.39, 0.29) is 5.97 Å². The Bertz CT molecular complexity index is 525. The topological polar surface area (TPSA) is 56.2 Å². The van der Waals surface area contributed by atoms with Gasteiger partial charge in [0.25, 0.3) is 0 Å². The first-order chi connectivity index (χ1) is 9.87. The molecule has 0 radical (unpaired) electrons. The molecule has 0 amide bonds. The Kier molecular flexibility index (Phi) is 4.94. The Labute approximate surface area is 131 Å². The highest BCUT2D eigenvalue weighted by atomic mass is 35.5. The highest BCUT2D eigenvalue weighted by Crippen LogP contribution is 2.26. The number of hydrogen-bond acceptors (Lipinski definition) is 4. The summed E-state index contributed by atoms with van der Waals surface area (Å²) in [5.41, 5.74) is 1.09. The Balaban J connectivity index is 2.07. The number of halogens is 1. The molecule has 0 aromatic carbocycles. The summed E-state index contributed by atoms with van der Waals surface area (Å²) < 4.78 is 7.09. The molecule has 1 aliphatic carbocycles. The van der Waals surface area contributed by atoms with Crippen LogP contribution in [-0.4, -0.2) is 33.9 Å². The number of nitrogens with one attached hydrogen (secondary N) is 1. The Hall–Kier alpha value is -1.07. The fraction of sp³-hybridized carbons (Fsp3) is 0.733. The predicted molar refractivity (Wildman–Crippen MR) is 82.5 cm³/mol. The number of aryl methyl sites for hydroxylation is 2. The van der Waals surface area contributed by atoms with E-state index in [1.54, 1.807) is 0 Å². The summed E-state index contributed by atoms with van der Waals surface area (Å²) >= 11 is 6.16. The van der Waals surface area contributed by atoms with Crippen LogP contribution >= 0.6 is 11.6 Å². The standard InChI is InChI=1S/C15H24ClN3O2/c1-5-21-14(20)15(4,17-12-6-7-12)8-9-19-11(3)13(16)10(2)18-19/h12,17H,5-9H2,1-4H3. The van der Waals surface area contributed by atoms with E-state index in [9.17, 15) is 4.79 Å². The van der Waals surface area contributed by atoms with E-state index in [4.69, 9.17) is 16.3 Å². The van der Waals surface area contributed by atoms with Crippen molar-refractivity contribution in [2.75, 3.05) is 6.61 Å². The molecule has 1 saturated carbocycles. The zero-order valence-electron chi connectivity index (χ0n) is 13.2. The lowest BCUT2D eigenvalue weighted by atomic mass is 9.97. The highest BCUT2D eigenvalue weighted by Gasteiger charge is 2.39. The van der Waals surface area contributed by atoms with Crippen molar-refractivity contribution < 1.29 is 9.53 Å². The average molecular weight is 314 g/mol. The molecule has 1 N–H and O–H groups in total. The third kappa shape index (κ3) is 3.77. The predicted octanol–water partition coefficient (Wildman–Crippen LogP) is 2.62. The summed E-state index contributed by atoms with van der Waals surface area (Å²) in [4.78, 5) is 12.3. The van der Waals surface area contributed by atoms with Crippen molar-refractivity contribution in [1.82, 2.24) is 15.1 Å². The third-order valence-electron chi connectivity index (χ3n) is 3.94. The normalized spacial score (nSPS) is 17.6. The van der Waals surface area contributed by atoms with Crippen molar-refractivity contribution in [1.29, 1.82) is 0 Å². The zero-order chi connectivity index (χ0) is 15.6. The molecule has 1 atom stereocenters. The number of carbonyl (C=O) groups excluding carboxylic acids is 1. The minimum atomic E-state index is -0.671. The summed E-state index contributed by atoms with van der Waals surface area (Å²) in [6.07, 6.45) is 2.88. The Morgan fingerprint density at radius 1 is 1.52 bits per heavy atom. The van der Waals surface area contributed by atoms with Crippen LogP contribution in [0.4, 0.5) is 0 Å². The first-order valence-corrected chi connectivity index (χ1v) is 7.89. The number of esters is 1. The quantitative estimate of drug-likeness (QED) is 0.786. The maximum atomic E-state index is 12.3. The maximum Gasteiger partial charge on any atom is 0.326 e. The Morgan fingerprint density at radius 3 is 2.67 bits per heavy atom. The minimum Gasteiger partial charge on any atom is -0.465 e. The van der Waals surface area contributed by atoms with Crippen LogP contribution in [0.2, 0.25) is 5.02 Å². The van der Waals surface area contributed by atoms with Crippen LogP contribution in [0.3, 0.4) is 0 Å². The van der Waals surface area contributed by atoms with E-state index in [1.807, 2.05) is 32.4 Å². The molecule has 2 rings (SSSR count). The zero-order valence-corrected chi connectivity index (χ0v) is 14.0. The van der Waals surface area contributed by atoms with Crippen molar-refractivity contribution in [3.8, 4) is 0 Å². The SMILES string of the molecule is CCOC(=O)C(C)(CCn1nc(C)c(Cl)c1C)NC1CC1. The largest absolute Gasteiger partial charge is 0.465 e. The van der Waals surface area contributed by atoms with Crippen molar-refractivity contribution in [2.24, 2.45) is 0 Å². The fourth-order valence-corrected chi connectivity index (χ4v) is 2.56. The van der Waals surface area contributed by atoms with Crippen molar-refractivity contribution >= 4 is 17.6 Å². The smallest absolute Gasteiger partial charge is 0.326 e. The molecule has 0 spiro atoms. The average Bonchev–Trinajstić information content (AvgIpc) is 3.21. The lowest BCUT2D eigenvalue weighted by Crippen LogP contribution is -2.52. The molecular formula is C15H24ClN3O2. The van der Waals surface area contributed by atoms with E-state index in [0.717, 1.165) is 24.2 Å². The van der Waals surface area contributed by atoms with Gasteiger partial charge in [-0.05, 0) is 47.0 Å². The monoisotopic (exact) mass is 313 g/mol. The van der Waals surface area contributed by atoms with Gasteiger partial charge in [0.15, 0.2) is 0 Å². The molecule has 1 heterocycles. The van der Waals surface area contributed by atoms with Crippen LogP contribution < -0.4 is 5.32 Å². The highest BCUT2D eigenvalue weighted by molar-refractivity contribution is 6.31. The summed E-state index contributed by atoms with van der Waals surface area (Å²) in [5, 5.41) is 8.53. The summed E-state index contributed by atoms with van der Waals surface area (Å²) in [6, 6.07) is 0.434. The van der Waals surface area contributed by atoms with Gasteiger partial charge in [-0.2, -0.15) is 5.10 Å². The van der Waals surface area contributed by atoms with E-state index in [0.29, 0.717) is 30.6 Å².